The van der Waals surface area contributed by atoms with Gasteiger partial charge in [0.05, 0.1) is 6.42 Å². The number of amides is 5. The standard InChI is InChI=1S/C41H67N5O9/c1-14-15-16-18-28-22-31(47)54-35(27(10)11)40(52)46-20-17-19-30(46)38(50)45(13)33(25(6)7)41(53)55-34(26(8)9)39(51)44(12)32(24(4)5)37(49)43-29(21-23(2)3)36(48)42-28/h1,23-30,32-35H,15-22H2,2-13H3,(H,42,48)(H,43,49)/t28?,29?,30-,32-,33-,34?,35?/m0/s1. The molecule has 0 aliphatic carbocycles. The number of rotatable bonds is 9. The van der Waals surface area contributed by atoms with Crippen LogP contribution >= 0.6 is 0 Å². The van der Waals surface area contributed by atoms with Crippen molar-refractivity contribution < 1.29 is 43.0 Å². The van der Waals surface area contributed by atoms with E-state index in [1.54, 1.807) is 55.4 Å². The third kappa shape index (κ3) is 12.7. The number of terminal acetylenes is 1. The number of carbonyl (C=O) groups is 7. The van der Waals surface area contributed by atoms with Gasteiger partial charge in [-0.15, -0.1) is 12.3 Å². The molecule has 2 rings (SSSR count). The Morgan fingerprint density at radius 2 is 1.29 bits per heavy atom. The number of hydrogen-bond donors (Lipinski definition) is 2. The first kappa shape index (κ1) is 47.0. The SMILES string of the molecule is C#CCCCC1CC(=O)OC(C(C)C)C(=O)N2CCC[C@H]2C(=O)N(C)[C@@H](C(C)C)C(=O)OC(C(C)C)C(=O)N(C)[C@@H](C(C)C)C(=O)NC(CC(C)C)C(=O)N1. The van der Waals surface area contributed by atoms with E-state index in [4.69, 9.17) is 15.9 Å². The lowest BCUT2D eigenvalue weighted by Gasteiger charge is -2.37. The molecule has 0 saturated carbocycles. The number of hydrogen-bond acceptors (Lipinski definition) is 9. The monoisotopic (exact) mass is 773 g/mol. The van der Waals surface area contributed by atoms with E-state index in [1.165, 1.54) is 28.8 Å². The summed E-state index contributed by atoms with van der Waals surface area (Å²) >= 11 is 0. The normalized spacial score (nSPS) is 27.5. The van der Waals surface area contributed by atoms with Crippen molar-refractivity contribution in [2.45, 2.75) is 157 Å². The van der Waals surface area contributed by atoms with Crippen LogP contribution in [0.4, 0.5) is 0 Å². The molecule has 5 amide bonds. The molecule has 0 aromatic carbocycles. The zero-order valence-corrected chi connectivity index (χ0v) is 35.2. The third-order valence-corrected chi connectivity index (χ3v) is 10.3. The molecule has 14 heteroatoms. The van der Waals surface area contributed by atoms with Gasteiger partial charge in [0.1, 0.15) is 24.2 Å². The average molecular weight is 774 g/mol. The Hall–Kier alpha value is -4.15. The number of fused-ring (bicyclic) bond motifs is 1. The first-order valence-electron chi connectivity index (χ1n) is 19.9. The summed E-state index contributed by atoms with van der Waals surface area (Å²) in [5.74, 6) is -3.48. The second kappa shape index (κ2) is 21.2. The second-order valence-electron chi connectivity index (χ2n) is 16.9. The Bertz CT molecular complexity index is 1420. The van der Waals surface area contributed by atoms with E-state index in [2.05, 4.69) is 16.6 Å². The van der Waals surface area contributed by atoms with Crippen LogP contribution in [0.15, 0.2) is 0 Å². The van der Waals surface area contributed by atoms with Crippen molar-refractivity contribution in [1.82, 2.24) is 25.3 Å². The van der Waals surface area contributed by atoms with Gasteiger partial charge in [-0.25, -0.2) is 4.79 Å². The number of unbranched alkanes of at least 4 members (excludes halogenated alkanes) is 1. The van der Waals surface area contributed by atoms with Gasteiger partial charge in [0.2, 0.25) is 17.7 Å². The number of cyclic esters (lactones) is 2. The molecular weight excluding hydrogens is 706 g/mol. The van der Waals surface area contributed by atoms with Crippen LogP contribution in [-0.4, -0.2) is 119 Å². The highest BCUT2D eigenvalue weighted by molar-refractivity contribution is 5.95. The maximum Gasteiger partial charge on any atom is 0.329 e. The fourth-order valence-corrected chi connectivity index (χ4v) is 7.43. The van der Waals surface area contributed by atoms with Crippen molar-refractivity contribution in [3.05, 3.63) is 0 Å². The maximum absolute atomic E-state index is 14.2. The fourth-order valence-electron chi connectivity index (χ4n) is 7.43. The van der Waals surface area contributed by atoms with E-state index in [9.17, 15) is 33.6 Å². The molecule has 2 fully saturated rings. The lowest BCUT2D eigenvalue weighted by molar-refractivity contribution is -0.172. The van der Waals surface area contributed by atoms with Gasteiger partial charge in [0.25, 0.3) is 11.8 Å². The van der Waals surface area contributed by atoms with Crippen molar-refractivity contribution in [2.24, 2.45) is 29.6 Å². The molecule has 0 bridgehead atoms. The predicted octanol–water partition coefficient (Wildman–Crippen LogP) is 3.30. The molecule has 4 unspecified atom stereocenters. The van der Waals surface area contributed by atoms with Crippen LogP contribution in [0.3, 0.4) is 0 Å². The summed E-state index contributed by atoms with van der Waals surface area (Å²) in [6, 6.07) is -4.81. The van der Waals surface area contributed by atoms with Gasteiger partial charge in [-0.3, -0.25) is 28.8 Å². The molecule has 2 aliphatic heterocycles. The highest BCUT2D eigenvalue weighted by atomic mass is 16.6. The minimum Gasteiger partial charge on any atom is -0.452 e. The van der Waals surface area contributed by atoms with E-state index >= 15 is 0 Å². The van der Waals surface area contributed by atoms with Crippen molar-refractivity contribution in [3.63, 3.8) is 0 Å². The molecule has 14 nitrogen and oxygen atoms in total. The number of nitrogens with zero attached hydrogens (tertiary/aromatic N) is 3. The van der Waals surface area contributed by atoms with Crippen LogP contribution in [0.2, 0.25) is 0 Å². The molecule has 2 N–H and O–H groups in total. The summed E-state index contributed by atoms with van der Waals surface area (Å²) in [6.45, 7) is 18.0. The minimum absolute atomic E-state index is 0.0211. The Balaban J connectivity index is 2.72. The summed E-state index contributed by atoms with van der Waals surface area (Å²) in [7, 11) is 2.94. The zero-order chi connectivity index (χ0) is 41.9. The number of esters is 2. The van der Waals surface area contributed by atoms with Gasteiger partial charge in [0.15, 0.2) is 12.2 Å². The third-order valence-electron chi connectivity index (χ3n) is 10.3. The Kier molecular flexibility index (Phi) is 18.1. The van der Waals surface area contributed by atoms with E-state index in [1.807, 2.05) is 13.8 Å². The summed E-state index contributed by atoms with van der Waals surface area (Å²) in [4.78, 5) is 102. The fraction of sp³-hybridized carbons (Fsp3) is 0.780. The highest BCUT2D eigenvalue weighted by Gasteiger charge is 2.45. The van der Waals surface area contributed by atoms with Crippen LogP contribution in [-0.2, 0) is 43.0 Å². The molecule has 310 valence electrons. The van der Waals surface area contributed by atoms with E-state index in [-0.39, 0.29) is 25.3 Å². The smallest absolute Gasteiger partial charge is 0.329 e. The van der Waals surface area contributed by atoms with E-state index < -0.39 is 108 Å². The number of carbonyl (C=O) groups excluding carboxylic acids is 7. The Labute approximate surface area is 328 Å². The molecule has 2 saturated heterocycles. The molecule has 0 spiro atoms. The molecule has 55 heavy (non-hydrogen) atoms. The average Bonchev–Trinajstić information content (AvgIpc) is 3.57. The Morgan fingerprint density at radius 3 is 1.82 bits per heavy atom. The van der Waals surface area contributed by atoms with Gasteiger partial charge in [-0.1, -0.05) is 69.2 Å². The first-order chi connectivity index (χ1) is 25.6. The highest BCUT2D eigenvalue weighted by Crippen LogP contribution is 2.26. The zero-order valence-electron chi connectivity index (χ0n) is 35.2. The topological polar surface area (TPSA) is 172 Å². The summed E-state index contributed by atoms with van der Waals surface area (Å²) in [5, 5.41) is 5.78. The lowest BCUT2D eigenvalue weighted by Crippen LogP contribution is -2.59. The van der Waals surface area contributed by atoms with Crippen LogP contribution in [0.5, 0.6) is 0 Å². The summed E-state index contributed by atoms with van der Waals surface area (Å²) in [5.41, 5.74) is 0. The Morgan fingerprint density at radius 1 is 0.727 bits per heavy atom. The van der Waals surface area contributed by atoms with E-state index in [0.29, 0.717) is 32.1 Å². The maximum atomic E-state index is 14.2. The van der Waals surface area contributed by atoms with Gasteiger partial charge >= 0.3 is 11.9 Å². The number of ether oxygens (including phenoxy) is 2. The predicted molar refractivity (Wildman–Crippen MR) is 208 cm³/mol. The molecule has 7 atom stereocenters. The van der Waals surface area contributed by atoms with Crippen molar-refractivity contribution in [2.75, 3.05) is 20.6 Å². The van der Waals surface area contributed by atoms with Gasteiger partial charge in [0, 0.05) is 33.1 Å². The van der Waals surface area contributed by atoms with Crippen LogP contribution in [0, 0.1) is 41.9 Å². The molecule has 0 aromatic heterocycles. The minimum atomic E-state index is -1.29. The van der Waals surface area contributed by atoms with Gasteiger partial charge in [-0.05, 0) is 61.7 Å². The van der Waals surface area contributed by atoms with Gasteiger partial charge < -0.3 is 34.8 Å². The van der Waals surface area contributed by atoms with Crippen molar-refractivity contribution in [1.29, 1.82) is 0 Å². The molecule has 0 aromatic rings. The molecule has 2 aliphatic rings. The molecular formula is C41H67N5O9. The first-order valence-corrected chi connectivity index (χ1v) is 19.9. The lowest BCUT2D eigenvalue weighted by atomic mass is 9.97. The number of likely N-dealkylation sites (N-methyl/N-ethyl adjacent to an activating group) is 2. The van der Waals surface area contributed by atoms with Gasteiger partial charge in [-0.2, -0.15) is 0 Å². The van der Waals surface area contributed by atoms with Crippen LogP contribution in [0.1, 0.15) is 114 Å². The van der Waals surface area contributed by atoms with Crippen LogP contribution < -0.4 is 10.6 Å². The molecule has 0 radical (unpaired) electrons. The quantitative estimate of drug-likeness (QED) is 0.203. The summed E-state index contributed by atoms with van der Waals surface area (Å²) < 4.78 is 11.8. The second-order valence-corrected chi connectivity index (χ2v) is 16.9. The largest absolute Gasteiger partial charge is 0.452 e. The number of nitrogens with one attached hydrogen (secondary N) is 2. The summed E-state index contributed by atoms with van der Waals surface area (Å²) in [6.07, 6.45) is 5.08. The van der Waals surface area contributed by atoms with Crippen molar-refractivity contribution in [3.8, 4) is 12.3 Å². The molecule has 2 heterocycles. The van der Waals surface area contributed by atoms with Crippen molar-refractivity contribution >= 4 is 41.5 Å². The van der Waals surface area contributed by atoms with E-state index in [0.717, 1.165) is 0 Å². The van der Waals surface area contributed by atoms with Crippen LogP contribution in [0.25, 0.3) is 0 Å².